The number of halogens is 2. The number of esters is 1. The summed E-state index contributed by atoms with van der Waals surface area (Å²) in [6.07, 6.45) is 7.22. The largest absolute Gasteiger partial charge is 0.492 e. The molecule has 13 heteroatoms. The zero-order chi connectivity index (χ0) is 43.2. The second-order valence-electron chi connectivity index (χ2n) is 20.2. The molecule has 0 radical (unpaired) electrons. The molecule has 2 aromatic rings. The number of allylic oxidation sites excluding steroid dienone is 4. The second-order valence-corrected chi connectivity index (χ2v) is 20.2. The summed E-state index contributed by atoms with van der Waals surface area (Å²) in [5.74, 6) is -4.07. The molecule has 3 N–H and O–H groups in total. The van der Waals surface area contributed by atoms with Crippen molar-refractivity contribution in [2.45, 2.75) is 135 Å². The minimum atomic E-state index is -2.16. The predicted molar refractivity (Wildman–Crippen MR) is 222 cm³/mol. The van der Waals surface area contributed by atoms with Gasteiger partial charge in [-0.2, -0.15) is 0 Å². The lowest BCUT2D eigenvalue weighted by molar-refractivity contribution is -0.223. The highest BCUT2D eigenvalue weighted by molar-refractivity contribution is 6.03. The molecule has 9 rings (SSSR count). The van der Waals surface area contributed by atoms with Crippen LogP contribution in [0.25, 0.3) is 10.9 Å². The van der Waals surface area contributed by atoms with Gasteiger partial charge in [-0.3, -0.25) is 14.4 Å². The van der Waals surface area contributed by atoms with E-state index in [1.54, 1.807) is 40.7 Å². The number of piperidine rings is 1. The van der Waals surface area contributed by atoms with E-state index in [1.165, 1.54) is 33.1 Å². The minimum absolute atomic E-state index is 0.0112. The number of aliphatic hydroxyl groups is 2. The molecule has 3 heterocycles. The van der Waals surface area contributed by atoms with E-state index in [4.69, 9.17) is 9.47 Å². The number of rotatable bonds is 7. The van der Waals surface area contributed by atoms with Crippen molar-refractivity contribution in [2.24, 2.45) is 34.5 Å². The SMILES string of the molecule is COc1c(N2CC3CCCNC3C2)c(F)c(C)c2c(=O)c(C(=O)OC(C)(C)C(=O)[C@@]3(O)[C@@H](C)C[C@H]4[C@@H]5CCC6=CC(=O)C=C[C@]6(C)[C@@]5(F)[C@@H](O)C[C@@]43C)c(C)n(C3CC3)c12. The van der Waals surface area contributed by atoms with E-state index in [0.717, 1.165) is 32.2 Å². The molecule has 6 fully saturated rings. The maximum atomic E-state index is 17.8. The molecule has 324 valence electrons. The van der Waals surface area contributed by atoms with Gasteiger partial charge in [-0.05, 0) is 122 Å². The summed E-state index contributed by atoms with van der Waals surface area (Å²) < 4.78 is 48.6. The lowest BCUT2D eigenvalue weighted by atomic mass is 9.44. The van der Waals surface area contributed by atoms with Crippen LogP contribution >= 0.6 is 0 Å². The number of Topliss-reactive ketones (excluding diaryl/α,β-unsaturated/α-hetero) is 1. The molecule has 0 bridgehead atoms. The Morgan fingerprint density at radius 2 is 1.78 bits per heavy atom. The van der Waals surface area contributed by atoms with Gasteiger partial charge >= 0.3 is 5.97 Å². The molecule has 2 saturated heterocycles. The standard InChI is InChI=1S/C47H59F2N3O8/c1-23-18-31-30-14-11-27-19-29(53)15-16-44(27,6)46(30,49)33(54)20-45(31,7)47(23,58)42(57)43(4,5)60-41(56)35-25(3)52(28-12-13-28)37-34(39(35)55)24(2)36(48)38(40(37)59-8)51-21-26-10-9-17-50-32(26)22-51/h15-16,19,23,26,28,30-33,50,54,58H,9-14,17-18,20-22H2,1-8H3/t23-,26?,30-,31-,32?,33-,44-,45-,46-,47-/m0/s1. The summed E-state index contributed by atoms with van der Waals surface area (Å²) in [5.41, 5.74) is -8.16. The zero-order valence-electron chi connectivity index (χ0n) is 36.0. The number of pyridine rings is 1. The molecule has 0 amide bonds. The van der Waals surface area contributed by atoms with E-state index >= 15 is 8.78 Å². The fourth-order valence-corrected chi connectivity index (χ4v) is 13.4. The Hall–Kier alpha value is -3.94. The number of ether oxygens (including phenoxy) is 2. The third kappa shape index (κ3) is 5.33. The molecule has 5 aliphatic carbocycles. The first-order chi connectivity index (χ1) is 28.2. The molecule has 1 aromatic carbocycles. The fraction of sp³-hybridized carbons (Fsp3) is 0.660. The van der Waals surface area contributed by atoms with E-state index in [-0.39, 0.29) is 53.0 Å². The van der Waals surface area contributed by atoms with Crippen molar-refractivity contribution < 1.29 is 42.9 Å². The number of hydrogen-bond donors (Lipinski definition) is 3. The second kappa shape index (κ2) is 13.5. The van der Waals surface area contributed by atoms with Gasteiger partial charge < -0.3 is 34.5 Å². The first-order valence-corrected chi connectivity index (χ1v) is 21.9. The van der Waals surface area contributed by atoms with Gasteiger partial charge in [0.15, 0.2) is 28.6 Å². The lowest BCUT2D eigenvalue weighted by Gasteiger charge is -2.62. The first kappa shape index (κ1) is 41.4. The van der Waals surface area contributed by atoms with Crippen molar-refractivity contribution in [3.63, 3.8) is 0 Å². The van der Waals surface area contributed by atoms with Gasteiger partial charge in [0.25, 0.3) is 0 Å². The van der Waals surface area contributed by atoms with Crippen LogP contribution in [0.2, 0.25) is 0 Å². The molecule has 2 aliphatic heterocycles. The van der Waals surface area contributed by atoms with E-state index in [0.29, 0.717) is 54.3 Å². The molecular formula is C47H59F2N3O8. The van der Waals surface area contributed by atoms with Gasteiger partial charge in [0, 0.05) is 53.2 Å². The lowest BCUT2D eigenvalue weighted by Crippen LogP contribution is -2.70. The fourth-order valence-electron chi connectivity index (χ4n) is 13.4. The average molecular weight is 832 g/mol. The summed E-state index contributed by atoms with van der Waals surface area (Å²) in [6.45, 7) is 13.3. The van der Waals surface area contributed by atoms with Gasteiger partial charge in [0.2, 0.25) is 11.2 Å². The molecule has 11 nitrogen and oxygen atoms in total. The number of fused-ring (bicyclic) bond motifs is 7. The number of aromatic nitrogens is 1. The molecule has 7 aliphatic rings. The number of nitrogens with one attached hydrogen (secondary N) is 1. The van der Waals surface area contributed by atoms with Crippen molar-refractivity contribution >= 4 is 34.1 Å². The van der Waals surface area contributed by atoms with Crippen molar-refractivity contribution in [3.8, 4) is 5.75 Å². The minimum Gasteiger partial charge on any atom is -0.492 e. The zero-order valence-corrected chi connectivity index (χ0v) is 36.0. The number of hydrogen-bond acceptors (Lipinski definition) is 10. The average Bonchev–Trinajstić information content (AvgIpc) is 3.90. The Labute approximate surface area is 349 Å². The number of aliphatic hydroxyl groups excluding tert-OH is 1. The Bertz CT molecular complexity index is 2350. The van der Waals surface area contributed by atoms with Gasteiger partial charge in [-0.15, -0.1) is 0 Å². The van der Waals surface area contributed by atoms with Crippen LogP contribution in [-0.2, 0) is 14.3 Å². The van der Waals surface area contributed by atoms with Crippen LogP contribution in [0.1, 0.15) is 114 Å². The smallest absolute Gasteiger partial charge is 0.344 e. The summed E-state index contributed by atoms with van der Waals surface area (Å²) >= 11 is 0. The number of carbonyl (C=O) groups is 3. The highest BCUT2D eigenvalue weighted by atomic mass is 19.1. The van der Waals surface area contributed by atoms with Crippen LogP contribution in [-0.4, -0.2) is 88.1 Å². The molecule has 60 heavy (non-hydrogen) atoms. The Morgan fingerprint density at radius 1 is 1.07 bits per heavy atom. The molecule has 0 spiro atoms. The van der Waals surface area contributed by atoms with E-state index in [2.05, 4.69) is 5.32 Å². The van der Waals surface area contributed by atoms with Crippen LogP contribution in [0.15, 0.2) is 28.6 Å². The maximum Gasteiger partial charge on any atom is 0.344 e. The molecule has 2 unspecified atom stereocenters. The number of aryl methyl sites for hydroxylation is 1. The summed E-state index contributed by atoms with van der Waals surface area (Å²) in [6, 6.07) is 0.135. The molecule has 4 saturated carbocycles. The summed E-state index contributed by atoms with van der Waals surface area (Å²) in [5, 5.41) is 28.3. The van der Waals surface area contributed by atoms with Crippen LogP contribution in [0.5, 0.6) is 5.75 Å². The van der Waals surface area contributed by atoms with Gasteiger partial charge in [0.05, 0.1) is 24.1 Å². The number of alkyl halides is 1. The summed E-state index contributed by atoms with van der Waals surface area (Å²) in [7, 11) is 1.47. The Morgan fingerprint density at radius 3 is 2.45 bits per heavy atom. The molecule has 1 aromatic heterocycles. The Kier molecular flexibility index (Phi) is 9.34. The van der Waals surface area contributed by atoms with E-state index in [9.17, 15) is 29.4 Å². The normalized spacial score (nSPS) is 37.3. The van der Waals surface area contributed by atoms with E-state index in [1.807, 2.05) is 9.47 Å². The topological polar surface area (TPSA) is 147 Å². The number of nitrogens with zero attached hydrogens (tertiary/aromatic N) is 2. The number of anilines is 1. The van der Waals surface area contributed by atoms with Crippen molar-refractivity contribution in [3.05, 3.63) is 56.7 Å². The number of ketones is 2. The van der Waals surface area contributed by atoms with E-state index < -0.39 is 74.6 Å². The number of benzene rings is 1. The molecule has 10 atom stereocenters. The van der Waals surface area contributed by atoms with Crippen LogP contribution in [0.4, 0.5) is 14.5 Å². The van der Waals surface area contributed by atoms with Crippen LogP contribution in [0.3, 0.4) is 0 Å². The number of carbonyl (C=O) groups excluding carboxylic acids is 3. The van der Waals surface area contributed by atoms with Gasteiger partial charge in [-0.1, -0.05) is 25.5 Å². The first-order valence-electron chi connectivity index (χ1n) is 21.9. The van der Waals surface area contributed by atoms with Gasteiger partial charge in [-0.25, -0.2) is 13.6 Å². The van der Waals surface area contributed by atoms with Gasteiger partial charge in [0.1, 0.15) is 16.9 Å². The predicted octanol–water partition coefficient (Wildman–Crippen LogP) is 6.14. The third-order valence-corrected chi connectivity index (χ3v) is 16.7. The Balaban J connectivity index is 1.07. The molecular weight excluding hydrogens is 773 g/mol. The van der Waals surface area contributed by atoms with Crippen LogP contribution < -0.4 is 20.4 Å². The quantitative estimate of drug-likeness (QED) is 0.278. The highest BCUT2D eigenvalue weighted by Gasteiger charge is 2.76. The van der Waals surface area contributed by atoms with Crippen LogP contribution in [0, 0.1) is 54.2 Å². The maximum absolute atomic E-state index is 17.8. The number of methoxy groups -OCH3 is 1. The summed E-state index contributed by atoms with van der Waals surface area (Å²) in [4.78, 5) is 58.5. The highest BCUT2D eigenvalue weighted by Crippen LogP contribution is 2.71. The van der Waals surface area contributed by atoms with Crippen molar-refractivity contribution in [2.75, 3.05) is 31.6 Å². The third-order valence-electron chi connectivity index (χ3n) is 16.7. The monoisotopic (exact) mass is 831 g/mol. The van der Waals surface area contributed by atoms with Crippen molar-refractivity contribution in [1.29, 1.82) is 0 Å². The van der Waals surface area contributed by atoms with Crippen molar-refractivity contribution in [1.82, 2.24) is 9.88 Å².